The molecule has 1 unspecified atom stereocenters. The van der Waals surface area contributed by atoms with Crippen LogP contribution in [0.15, 0.2) is 41.5 Å². The van der Waals surface area contributed by atoms with Crippen LogP contribution in [0.1, 0.15) is 25.5 Å². The minimum atomic E-state index is -0.0113. The van der Waals surface area contributed by atoms with Crippen LogP contribution in [0.3, 0.4) is 0 Å². The van der Waals surface area contributed by atoms with Crippen LogP contribution in [0.25, 0.3) is 10.8 Å². The van der Waals surface area contributed by atoms with E-state index in [0.717, 1.165) is 49.6 Å². The molecule has 1 atom stereocenters. The number of nitrogens with one attached hydrogen (secondary N) is 2. The molecule has 0 aliphatic carbocycles. The molecule has 0 spiro atoms. The first-order valence-electron chi connectivity index (χ1n) is 9.30. The van der Waals surface area contributed by atoms with E-state index in [9.17, 15) is 5.11 Å². The van der Waals surface area contributed by atoms with Crippen molar-refractivity contribution < 1.29 is 9.84 Å². The SMILES string of the molecule is CCNC(=NCc1nccc2ccccc12)NCC1(CCO)CCOC1. The number of hydrogen-bond acceptors (Lipinski definition) is 4. The molecule has 6 nitrogen and oxygen atoms in total. The van der Waals surface area contributed by atoms with E-state index >= 15 is 0 Å². The summed E-state index contributed by atoms with van der Waals surface area (Å²) in [5.74, 6) is 0.770. The number of rotatable bonds is 7. The third-order valence-electron chi connectivity index (χ3n) is 4.95. The minimum Gasteiger partial charge on any atom is -0.396 e. The van der Waals surface area contributed by atoms with Crippen molar-refractivity contribution in [3.63, 3.8) is 0 Å². The van der Waals surface area contributed by atoms with E-state index in [1.165, 1.54) is 5.39 Å². The van der Waals surface area contributed by atoms with Gasteiger partial charge >= 0.3 is 0 Å². The Morgan fingerprint density at radius 3 is 2.96 bits per heavy atom. The normalized spacial score (nSPS) is 20.5. The van der Waals surface area contributed by atoms with Gasteiger partial charge in [0.1, 0.15) is 0 Å². The number of aliphatic hydroxyl groups excluding tert-OH is 1. The number of pyridine rings is 1. The summed E-state index contributed by atoms with van der Waals surface area (Å²) in [5, 5.41) is 18.4. The highest BCUT2D eigenvalue weighted by Gasteiger charge is 2.34. The Balaban J connectivity index is 1.70. The molecule has 0 amide bonds. The average molecular weight is 356 g/mol. The molecule has 1 aliphatic heterocycles. The molecule has 0 radical (unpaired) electrons. The largest absolute Gasteiger partial charge is 0.396 e. The summed E-state index contributed by atoms with van der Waals surface area (Å²) in [7, 11) is 0. The van der Waals surface area contributed by atoms with Crippen LogP contribution >= 0.6 is 0 Å². The molecule has 140 valence electrons. The molecule has 1 aliphatic rings. The lowest BCUT2D eigenvalue weighted by molar-refractivity contribution is 0.127. The zero-order chi connectivity index (χ0) is 18.2. The molecule has 1 aromatic heterocycles. The maximum absolute atomic E-state index is 9.38. The van der Waals surface area contributed by atoms with Crippen molar-refractivity contribution in [1.29, 1.82) is 0 Å². The molecular formula is C20H28N4O2. The van der Waals surface area contributed by atoms with Crippen LogP contribution in [-0.4, -0.2) is 49.0 Å². The molecule has 3 N–H and O–H groups in total. The Labute approximate surface area is 154 Å². The van der Waals surface area contributed by atoms with Crippen molar-refractivity contribution in [1.82, 2.24) is 15.6 Å². The fourth-order valence-electron chi connectivity index (χ4n) is 3.39. The van der Waals surface area contributed by atoms with Gasteiger partial charge < -0.3 is 20.5 Å². The summed E-state index contributed by atoms with van der Waals surface area (Å²) >= 11 is 0. The number of benzene rings is 1. The standard InChI is InChI=1S/C20H28N4O2/c1-2-21-19(24-14-20(8-11-25)9-12-26-15-20)23-13-18-17-6-4-3-5-16(17)7-10-22-18/h3-7,10,25H,2,8-9,11-15H2,1H3,(H2,21,23,24). The van der Waals surface area contributed by atoms with E-state index in [4.69, 9.17) is 9.73 Å². The third-order valence-corrected chi connectivity index (χ3v) is 4.95. The second-order valence-corrected chi connectivity index (χ2v) is 6.80. The van der Waals surface area contributed by atoms with Crippen LogP contribution in [0.5, 0.6) is 0 Å². The van der Waals surface area contributed by atoms with Gasteiger partial charge in [-0.3, -0.25) is 4.98 Å². The Morgan fingerprint density at radius 1 is 1.31 bits per heavy atom. The zero-order valence-corrected chi connectivity index (χ0v) is 15.4. The molecule has 0 saturated carbocycles. The molecule has 1 saturated heterocycles. The number of hydrogen-bond donors (Lipinski definition) is 3. The number of aromatic nitrogens is 1. The number of fused-ring (bicyclic) bond motifs is 1. The van der Waals surface area contributed by atoms with Gasteiger partial charge in [0.25, 0.3) is 0 Å². The predicted molar refractivity (Wildman–Crippen MR) is 104 cm³/mol. The average Bonchev–Trinajstić information content (AvgIpc) is 3.13. The summed E-state index contributed by atoms with van der Waals surface area (Å²) < 4.78 is 5.56. The fourth-order valence-corrected chi connectivity index (χ4v) is 3.39. The van der Waals surface area contributed by atoms with Crippen molar-refractivity contribution >= 4 is 16.7 Å². The van der Waals surface area contributed by atoms with Gasteiger partial charge in [0.2, 0.25) is 0 Å². The molecular weight excluding hydrogens is 328 g/mol. The first kappa shape index (κ1) is 18.6. The van der Waals surface area contributed by atoms with E-state index in [-0.39, 0.29) is 12.0 Å². The van der Waals surface area contributed by atoms with Crippen molar-refractivity contribution in [3.05, 3.63) is 42.2 Å². The Kier molecular flexibility index (Phi) is 6.41. The van der Waals surface area contributed by atoms with Gasteiger partial charge in [0.05, 0.1) is 18.8 Å². The highest BCUT2D eigenvalue weighted by molar-refractivity contribution is 5.85. The van der Waals surface area contributed by atoms with E-state index in [0.29, 0.717) is 13.2 Å². The van der Waals surface area contributed by atoms with Crippen LogP contribution in [0, 0.1) is 5.41 Å². The fraction of sp³-hybridized carbons (Fsp3) is 0.500. The summed E-state index contributed by atoms with van der Waals surface area (Å²) in [6.07, 6.45) is 3.54. The molecule has 1 aromatic carbocycles. The second kappa shape index (κ2) is 8.96. The minimum absolute atomic E-state index is 0.0113. The molecule has 0 bridgehead atoms. The quantitative estimate of drug-likeness (QED) is 0.523. The van der Waals surface area contributed by atoms with Gasteiger partial charge in [-0.15, -0.1) is 0 Å². The monoisotopic (exact) mass is 356 g/mol. The van der Waals surface area contributed by atoms with Crippen LogP contribution in [-0.2, 0) is 11.3 Å². The summed E-state index contributed by atoms with van der Waals surface area (Å²) in [4.78, 5) is 9.22. The summed E-state index contributed by atoms with van der Waals surface area (Å²) in [6.45, 7) is 5.72. The molecule has 2 heterocycles. The van der Waals surface area contributed by atoms with E-state index in [2.05, 4.69) is 34.7 Å². The lowest BCUT2D eigenvalue weighted by Gasteiger charge is -2.27. The van der Waals surface area contributed by atoms with Crippen molar-refractivity contribution in [2.45, 2.75) is 26.3 Å². The van der Waals surface area contributed by atoms with Crippen molar-refractivity contribution in [2.24, 2.45) is 10.4 Å². The first-order chi connectivity index (χ1) is 12.8. The summed E-state index contributed by atoms with van der Waals surface area (Å²) in [6, 6.07) is 10.3. The molecule has 2 aromatic rings. The smallest absolute Gasteiger partial charge is 0.191 e. The highest BCUT2D eigenvalue weighted by Crippen LogP contribution is 2.31. The Hall–Kier alpha value is -2.18. The zero-order valence-electron chi connectivity index (χ0n) is 15.4. The molecule has 6 heteroatoms. The Morgan fingerprint density at radius 2 is 2.19 bits per heavy atom. The van der Waals surface area contributed by atoms with E-state index in [1.807, 2.05) is 24.4 Å². The second-order valence-electron chi connectivity index (χ2n) is 6.80. The van der Waals surface area contributed by atoms with E-state index < -0.39 is 0 Å². The molecule has 1 fully saturated rings. The van der Waals surface area contributed by atoms with Crippen LogP contribution in [0.4, 0.5) is 0 Å². The third kappa shape index (κ3) is 4.51. The molecule has 3 rings (SSSR count). The number of aliphatic imine (C=N–C) groups is 1. The van der Waals surface area contributed by atoms with E-state index in [1.54, 1.807) is 0 Å². The topological polar surface area (TPSA) is 78.8 Å². The number of ether oxygens (including phenoxy) is 1. The number of nitrogens with zero attached hydrogens (tertiary/aromatic N) is 2. The predicted octanol–water partition coefficient (Wildman–Crippen LogP) is 2.08. The lowest BCUT2D eigenvalue weighted by atomic mass is 9.84. The number of aliphatic hydroxyl groups is 1. The van der Waals surface area contributed by atoms with Gasteiger partial charge in [-0.05, 0) is 31.2 Å². The lowest BCUT2D eigenvalue weighted by Crippen LogP contribution is -2.44. The van der Waals surface area contributed by atoms with Gasteiger partial charge in [0.15, 0.2) is 5.96 Å². The first-order valence-corrected chi connectivity index (χ1v) is 9.30. The van der Waals surface area contributed by atoms with Crippen LogP contribution < -0.4 is 10.6 Å². The maximum atomic E-state index is 9.38. The Bertz CT molecular complexity index is 736. The van der Waals surface area contributed by atoms with Gasteiger partial charge in [-0.25, -0.2) is 4.99 Å². The van der Waals surface area contributed by atoms with Crippen LogP contribution in [0.2, 0.25) is 0 Å². The maximum Gasteiger partial charge on any atom is 0.191 e. The van der Waals surface area contributed by atoms with Gasteiger partial charge in [-0.2, -0.15) is 0 Å². The number of guanidine groups is 1. The highest BCUT2D eigenvalue weighted by atomic mass is 16.5. The molecule has 26 heavy (non-hydrogen) atoms. The van der Waals surface area contributed by atoms with Gasteiger partial charge in [-0.1, -0.05) is 24.3 Å². The van der Waals surface area contributed by atoms with Gasteiger partial charge in [0, 0.05) is 43.3 Å². The van der Waals surface area contributed by atoms with Crippen molar-refractivity contribution in [3.8, 4) is 0 Å². The summed E-state index contributed by atoms with van der Waals surface area (Å²) in [5.41, 5.74) is 0.956. The van der Waals surface area contributed by atoms with Crippen molar-refractivity contribution in [2.75, 3.05) is 32.9 Å².